The molecule has 0 fully saturated rings. The smallest absolute Gasteiger partial charge is 0.234 e. The second-order valence-corrected chi connectivity index (χ2v) is 11.9. The number of fused-ring (bicyclic) bond motifs is 6. The van der Waals surface area contributed by atoms with Gasteiger partial charge in [0.25, 0.3) is 0 Å². The Balaban J connectivity index is 1.21. The van der Waals surface area contributed by atoms with E-state index in [1.54, 1.807) is 0 Å². The van der Waals surface area contributed by atoms with Crippen LogP contribution in [0.4, 0.5) is 0 Å². The number of benzene rings is 5. The van der Waals surface area contributed by atoms with Crippen LogP contribution in [-0.2, 0) is 0 Å². The fraction of sp³-hybridized carbons (Fsp3) is 0. The molecule has 0 atom stereocenters. The Kier molecular flexibility index (Phi) is 5.61. The lowest BCUT2D eigenvalue weighted by Gasteiger charge is -2.10. The largest absolute Gasteiger partial charge is 0.278 e. The van der Waals surface area contributed by atoms with Crippen molar-refractivity contribution in [3.8, 4) is 39.9 Å². The average molecular weight is 582 g/mol. The van der Waals surface area contributed by atoms with E-state index in [0.717, 1.165) is 39.1 Å². The summed E-state index contributed by atoms with van der Waals surface area (Å²) in [6.45, 7) is 0. The van der Waals surface area contributed by atoms with Crippen molar-refractivity contribution in [1.29, 1.82) is 0 Å². The summed E-state index contributed by atoms with van der Waals surface area (Å²) in [5, 5.41) is 4.91. The van der Waals surface area contributed by atoms with E-state index in [0.29, 0.717) is 11.8 Å². The van der Waals surface area contributed by atoms with E-state index >= 15 is 0 Å². The number of nitrogens with zero attached hydrogens (tertiary/aromatic N) is 5. The van der Waals surface area contributed by atoms with Gasteiger partial charge in [-0.3, -0.25) is 4.57 Å². The zero-order valence-electron chi connectivity index (χ0n) is 23.4. The van der Waals surface area contributed by atoms with E-state index in [-0.39, 0.29) is 0 Å². The summed E-state index contributed by atoms with van der Waals surface area (Å²) in [7, 11) is 0. The molecule has 0 spiro atoms. The van der Waals surface area contributed by atoms with E-state index in [2.05, 4.69) is 77.4 Å². The van der Waals surface area contributed by atoms with Crippen molar-refractivity contribution in [1.82, 2.24) is 24.5 Å². The standard InChI is InChI=1S/C38H23N5S/c1-3-11-24(12-4-1)31-21-32(42-37(41-31)25-13-5-2-6-14-25)26-22-39-38(40-23-26)43-33-17-9-7-15-27(33)29-20-36-30(19-34(29)43)28-16-8-10-18-35(28)44-36/h1-23H. The molecule has 0 saturated carbocycles. The van der Waals surface area contributed by atoms with E-state index in [1.165, 1.54) is 30.9 Å². The molecule has 9 rings (SSSR count). The molecule has 0 saturated heterocycles. The Hall–Kier alpha value is -5.72. The van der Waals surface area contributed by atoms with Crippen molar-refractivity contribution in [3.63, 3.8) is 0 Å². The molecule has 0 aliphatic heterocycles. The third-order valence-corrected chi connectivity index (χ3v) is 9.27. The van der Waals surface area contributed by atoms with E-state index in [9.17, 15) is 0 Å². The number of para-hydroxylation sites is 1. The lowest BCUT2D eigenvalue weighted by molar-refractivity contribution is 0.988. The predicted octanol–water partition coefficient (Wildman–Crippen LogP) is 9.73. The lowest BCUT2D eigenvalue weighted by Crippen LogP contribution is -2.02. The molecule has 206 valence electrons. The van der Waals surface area contributed by atoms with Crippen molar-refractivity contribution in [2.45, 2.75) is 0 Å². The Morgan fingerprint density at radius 3 is 1.86 bits per heavy atom. The molecule has 0 aliphatic rings. The highest BCUT2D eigenvalue weighted by Crippen LogP contribution is 2.40. The maximum absolute atomic E-state index is 4.95. The Labute approximate surface area is 256 Å². The quantitative estimate of drug-likeness (QED) is 0.208. The van der Waals surface area contributed by atoms with Crippen molar-refractivity contribution >= 4 is 53.3 Å². The highest BCUT2D eigenvalue weighted by atomic mass is 32.1. The number of aromatic nitrogens is 5. The van der Waals surface area contributed by atoms with Crippen LogP contribution in [0.15, 0.2) is 140 Å². The maximum atomic E-state index is 4.95. The average Bonchev–Trinajstić information content (AvgIpc) is 3.63. The fourth-order valence-electron chi connectivity index (χ4n) is 6.04. The molecule has 0 bridgehead atoms. The minimum atomic E-state index is 0.624. The maximum Gasteiger partial charge on any atom is 0.234 e. The molecule has 0 radical (unpaired) electrons. The first-order valence-corrected chi connectivity index (χ1v) is 15.3. The molecule has 44 heavy (non-hydrogen) atoms. The molecular formula is C38H23N5S. The number of thiophene rings is 1. The van der Waals surface area contributed by atoms with Gasteiger partial charge < -0.3 is 0 Å². The van der Waals surface area contributed by atoms with Gasteiger partial charge in [0.1, 0.15) is 0 Å². The van der Waals surface area contributed by atoms with Gasteiger partial charge in [-0.2, -0.15) is 0 Å². The van der Waals surface area contributed by atoms with Crippen molar-refractivity contribution in [2.75, 3.05) is 0 Å². The summed E-state index contributed by atoms with van der Waals surface area (Å²) in [6.07, 6.45) is 3.74. The topological polar surface area (TPSA) is 56.5 Å². The fourth-order valence-corrected chi connectivity index (χ4v) is 7.17. The van der Waals surface area contributed by atoms with Crippen LogP contribution in [-0.4, -0.2) is 24.5 Å². The minimum Gasteiger partial charge on any atom is -0.278 e. The summed E-state index contributed by atoms with van der Waals surface area (Å²) in [5.41, 5.74) is 6.63. The van der Waals surface area contributed by atoms with Crippen LogP contribution in [0, 0.1) is 0 Å². The van der Waals surface area contributed by atoms with E-state index in [4.69, 9.17) is 19.9 Å². The zero-order chi connectivity index (χ0) is 29.0. The van der Waals surface area contributed by atoms with Crippen molar-refractivity contribution in [2.24, 2.45) is 0 Å². The minimum absolute atomic E-state index is 0.624. The SMILES string of the molecule is c1ccc(-c2cc(-c3cnc(-n4c5ccccc5c5cc6sc7ccccc7c6cc54)nc3)nc(-c3ccccc3)n2)cc1. The Morgan fingerprint density at radius 1 is 0.455 bits per heavy atom. The molecule has 5 nitrogen and oxygen atoms in total. The second-order valence-electron chi connectivity index (χ2n) is 10.8. The second kappa shape index (κ2) is 9.93. The molecular weight excluding hydrogens is 559 g/mol. The van der Waals surface area contributed by atoms with Gasteiger partial charge in [-0.05, 0) is 30.3 Å². The third kappa shape index (κ3) is 4.00. The summed E-state index contributed by atoms with van der Waals surface area (Å²) in [5.74, 6) is 1.29. The van der Waals surface area contributed by atoms with Gasteiger partial charge in [0.15, 0.2) is 5.82 Å². The molecule has 9 aromatic rings. The van der Waals surface area contributed by atoms with Gasteiger partial charge in [0.05, 0.1) is 22.4 Å². The van der Waals surface area contributed by atoms with Crippen LogP contribution in [0.1, 0.15) is 0 Å². The van der Waals surface area contributed by atoms with Crippen molar-refractivity contribution < 1.29 is 0 Å². The predicted molar refractivity (Wildman–Crippen MR) is 181 cm³/mol. The molecule has 0 aliphatic carbocycles. The normalized spacial score (nSPS) is 11.6. The van der Waals surface area contributed by atoms with E-state index in [1.807, 2.05) is 78.3 Å². The zero-order valence-corrected chi connectivity index (χ0v) is 24.2. The van der Waals surface area contributed by atoms with Crippen LogP contribution in [0.2, 0.25) is 0 Å². The van der Waals surface area contributed by atoms with Crippen LogP contribution in [0.3, 0.4) is 0 Å². The summed E-state index contributed by atoms with van der Waals surface area (Å²) < 4.78 is 4.75. The molecule has 0 unspecified atom stereocenters. The molecule has 4 aromatic heterocycles. The Bertz CT molecular complexity index is 2420. The summed E-state index contributed by atoms with van der Waals surface area (Å²) in [4.78, 5) is 19.7. The van der Waals surface area contributed by atoms with Gasteiger partial charge in [0.2, 0.25) is 5.95 Å². The van der Waals surface area contributed by atoms with Gasteiger partial charge in [-0.1, -0.05) is 97.1 Å². The molecule has 0 amide bonds. The van der Waals surface area contributed by atoms with Gasteiger partial charge >= 0.3 is 0 Å². The van der Waals surface area contributed by atoms with Crippen LogP contribution < -0.4 is 0 Å². The van der Waals surface area contributed by atoms with Crippen LogP contribution in [0.5, 0.6) is 0 Å². The lowest BCUT2D eigenvalue weighted by atomic mass is 10.1. The number of hydrogen-bond donors (Lipinski definition) is 0. The highest BCUT2D eigenvalue weighted by Gasteiger charge is 2.17. The Morgan fingerprint density at radius 2 is 1.09 bits per heavy atom. The first-order chi connectivity index (χ1) is 21.8. The molecule has 4 heterocycles. The van der Waals surface area contributed by atoms with E-state index < -0.39 is 0 Å². The van der Waals surface area contributed by atoms with Gasteiger partial charge in [-0.25, -0.2) is 19.9 Å². The summed E-state index contributed by atoms with van der Waals surface area (Å²) >= 11 is 1.84. The highest BCUT2D eigenvalue weighted by molar-refractivity contribution is 7.25. The summed E-state index contributed by atoms with van der Waals surface area (Å²) in [6, 6.07) is 44.0. The van der Waals surface area contributed by atoms with Crippen LogP contribution >= 0.6 is 11.3 Å². The molecule has 6 heteroatoms. The van der Waals surface area contributed by atoms with Crippen molar-refractivity contribution in [3.05, 3.63) is 140 Å². The van der Waals surface area contributed by atoms with Gasteiger partial charge in [-0.15, -0.1) is 11.3 Å². The first-order valence-electron chi connectivity index (χ1n) is 14.5. The third-order valence-electron chi connectivity index (χ3n) is 8.13. The number of rotatable bonds is 4. The molecule has 5 aromatic carbocycles. The van der Waals surface area contributed by atoms with Gasteiger partial charge in [0, 0.05) is 60.0 Å². The monoisotopic (exact) mass is 581 g/mol. The first kappa shape index (κ1) is 24.8. The van der Waals surface area contributed by atoms with Crippen LogP contribution in [0.25, 0.3) is 81.8 Å². The molecule has 0 N–H and O–H groups in total. The number of hydrogen-bond acceptors (Lipinski definition) is 5.